The summed E-state index contributed by atoms with van der Waals surface area (Å²) in [6.45, 7) is 4.44. The molecule has 122 valence electrons. The number of carbonyl (C=O) groups excluding carboxylic acids is 2. The van der Waals surface area contributed by atoms with E-state index in [9.17, 15) is 9.59 Å². The maximum atomic E-state index is 11.9. The number of rotatable bonds is 8. The molecule has 1 aromatic rings. The first kappa shape index (κ1) is 18.7. The van der Waals surface area contributed by atoms with Crippen LogP contribution in [0.2, 0.25) is 10.0 Å². The normalized spacial score (nSPS) is 11.0. The second-order valence-corrected chi connectivity index (χ2v) is 6.06. The van der Waals surface area contributed by atoms with E-state index in [0.717, 1.165) is 5.56 Å². The fourth-order valence-corrected chi connectivity index (χ4v) is 2.35. The van der Waals surface area contributed by atoms with E-state index >= 15 is 0 Å². The standard InChI is InChI=1S/C15H21Cl2N3O2/c1-10(2)20(8-13(18)21)9-14(22)19-7-6-11-4-3-5-12(16)15(11)17/h3-5,10H,6-9H2,1-2H3,(H2,18,21)(H,19,22). The summed E-state index contributed by atoms with van der Waals surface area (Å²) in [5, 5.41) is 3.81. The van der Waals surface area contributed by atoms with E-state index in [1.807, 2.05) is 26.0 Å². The van der Waals surface area contributed by atoms with Crippen LogP contribution in [0.1, 0.15) is 19.4 Å². The average Bonchev–Trinajstić information content (AvgIpc) is 2.42. The van der Waals surface area contributed by atoms with Crippen LogP contribution in [0.5, 0.6) is 0 Å². The van der Waals surface area contributed by atoms with Crippen molar-refractivity contribution in [2.24, 2.45) is 5.73 Å². The van der Waals surface area contributed by atoms with Crippen molar-refractivity contribution >= 4 is 35.0 Å². The van der Waals surface area contributed by atoms with Crippen molar-refractivity contribution in [1.82, 2.24) is 10.2 Å². The van der Waals surface area contributed by atoms with E-state index in [4.69, 9.17) is 28.9 Å². The van der Waals surface area contributed by atoms with E-state index in [1.165, 1.54) is 0 Å². The highest BCUT2D eigenvalue weighted by Gasteiger charge is 2.15. The third-order valence-electron chi connectivity index (χ3n) is 3.18. The van der Waals surface area contributed by atoms with Gasteiger partial charge in [-0.05, 0) is 31.9 Å². The van der Waals surface area contributed by atoms with Gasteiger partial charge in [0.05, 0.1) is 23.1 Å². The maximum Gasteiger partial charge on any atom is 0.234 e. The molecule has 2 amide bonds. The quantitative estimate of drug-likeness (QED) is 0.754. The van der Waals surface area contributed by atoms with Gasteiger partial charge in [-0.15, -0.1) is 0 Å². The lowest BCUT2D eigenvalue weighted by molar-refractivity contribution is -0.124. The summed E-state index contributed by atoms with van der Waals surface area (Å²) < 4.78 is 0. The third kappa shape index (κ3) is 6.22. The van der Waals surface area contributed by atoms with Gasteiger partial charge < -0.3 is 11.1 Å². The first-order valence-electron chi connectivity index (χ1n) is 7.03. The number of primary amides is 1. The summed E-state index contributed by atoms with van der Waals surface area (Å²) in [5.41, 5.74) is 6.06. The highest BCUT2D eigenvalue weighted by molar-refractivity contribution is 6.42. The second kappa shape index (κ2) is 8.98. The monoisotopic (exact) mass is 345 g/mol. The van der Waals surface area contributed by atoms with Crippen molar-refractivity contribution in [2.75, 3.05) is 19.6 Å². The molecule has 0 aliphatic heterocycles. The molecule has 1 rings (SSSR count). The van der Waals surface area contributed by atoms with Crippen LogP contribution in [0.4, 0.5) is 0 Å². The van der Waals surface area contributed by atoms with E-state index in [2.05, 4.69) is 5.32 Å². The Morgan fingerprint density at radius 3 is 2.55 bits per heavy atom. The van der Waals surface area contributed by atoms with Crippen LogP contribution in [0.3, 0.4) is 0 Å². The SMILES string of the molecule is CC(C)N(CC(N)=O)CC(=O)NCCc1cccc(Cl)c1Cl. The fraction of sp³-hybridized carbons (Fsp3) is 0.467. The zero-order valence-electron chi connectivity index (χ0n) is 12.7. The predicted octanol–water partition coefficient (Wildman–Crippen LogP) is 1.85. The molecule has 7 heteroatoms. The number of carbonyl (C=O) groups is 2. The molecule has 0 saturated carbocycles. The van der Waals surface area contributed by atoms with Gasteiger partial charge in [0.15, 0.2) is 0 Å². The molecule has 5 nitrogen and oxygen atoms in total. The number of amides is 2. The minimum absolute atomic E-state index is 0.0561. The molecule has 22 heavy (non-hydrogen) atoms. The molecule has 0 aliphatic rings. The van der Waals surface area contributed by atoms with Crippen LogP contribution < -0.4 is 11.1 Å². The summed E-state index contributed by atoms with van der Waals surface area (Å²) in [6.07, 6.45) is 0.586. The number of hydrogen-bond acceptors (Lipinski definition) is 3. The molecule has 0 aromatic heterocycles. The molecule has 0 spiro atoms. The summed E-state index contributed by atoms with van der Waals surface area (Å²) >= 11 is 12.0. The van der Waals surface area contributed by atoms with Crippen molar-refractivity contribution in [1.29, 1.82) is 0 Å². The number of halogens is 2. The first-order chi connectivity index (χ1) is 10.3. The topological polar surface area (TPSA) is 75.4 Å². The highest BCUT2D eigenvalue weighted by Crippen LogP contribution is 2.25. The number of nitrogens with zero attached hydrogens (tertiary/aromatic N) is 1. The molecule has 0 radical (unpaired) electrons. The maximum absolute atomic E-state index is 11.9. The summed E-state index contributed by atoms with van der Waals surface area (Å²) in [6, 6.07) is 5.46. The van der Waals surface area contributed by atoms with Crippen molar-refractivity contribution in [2.45, 2.75) is 26.3 Å². The van der Waals surface area contributed by atoms with Gasteiger partial charge >= 0.3 is 0 Å². The molecule has 0 saturated heterocycles. The molecule has 3 N–H and O–H groups in total. The van der Waals surface area contributed by atoms with Gasteiger partial charge in [0, 0.05) is 12.6 Å². The van der Waals surface area contributed by atoms with Crippen molar-refractivity contribution < 1.29 is 9.59 Å². The largest absolute Gasteiger partial charge is 0.369 e. The van der Waals surface area contributed by atoms with Crippen molar-refractivity contribution in [3.05, 3.63) is 33.8 Å². The molecule has 0 bridgehead atoms. The molecule has 0 unspecified atom stereocenters. The lowest BCUT2D eigenvalue weighted by Gasteiger charge is -2.24. The highest BCUT2D eigenvalue weighted by atomic mass is 35.5. The fourth-order valence-electron chi connectivity index (χ4n) is 1.94. The number of hydrogen-bond donors (Lipinski definition) is 2. The van der Waals surface area contributed by atoms with Crippen LogP contribution in [0.15, 0.2) is 18.2 Å². The molecule has 0 aliphatic carbocycles. The van der Waals surface area contributed by atoms with Crippen molar-refractivity contribution in [3.8, 4) is 0 Å². The first-order valence-corrected chi connectivity index (χ1v) is 7.78. The Kier molecular flexibility index (Phi) is 7.65. The number of benzene rings is 1. The van der Waals surface area contributed by atoms with Crippen molar-refractivity contribution in [3.63, 3.8) is 0 Å². The number of nitrogens with two attached hydrogens (primary N) is 1. The van der Waals surface area contributed by atoms with E-state index in [-0.39, 0.29) is 25.0 Å². The van der Waals surface area contributed by atoms with Gasteiger partial charge in [0.1, 0.15) is 0 Å². The van der Waals surface area contributed by atoms with Gasteiger partial charge in [0.2, 0.25) is 11.8 Å². The molecular formula is C15H21Cl2N3O2. The van der Waals surface area contributed by atoms with E-state index in [0.29, 0.717) is 23.0 Å². The Morgan fingerprint density at radius 1 is 1.27 bits per heavy atom. The Bertz CT molecular complexity index is 536. The summed E-state index contributed by atoms with van der Waals surface area (Å²) in [5.74, 6) is -0.611. The lowest BCUT2D eigenvalue weighted by Crippen LogP contribution is -2.45. The number of nitrogens with one attached hydrogen (secondary N) is 1. The smallest absolute Gasteiger partial charge is 0.234 e. The third-order valence-corrected chi connectivity index (χ3v) is 4.04. The molecule has 0 fully saturated rings. The summed E-state index contributed by atoms with van der Waals surface area (Å²) in [4.78, 5) is 24.6. The molecule has 1 aromatic carbocycles. The lowest BCUT2D eigenvalue weighted by atomic mass is 10.1. The van der Waals surface area contributed by atoms with E-state index < -0.39 is 5.91 Å². The molecule has 0 atom stereocenters. The van der Waals surface area contributed by atoms with Crippen LogP contribution in [0, 0.1) is 0 Å². The Hall–Kier alpha value is -1.30. The van der Waals surface area contributed by atoms with Gasteiger partial charge in [0.25, 0.3) is 0 Å². The Morgan fingerprint density at radius 2 is 1.95 bits per heavy atom. The Labute approximate surface area is 140 Å². The minimum atomic E-state index is -0.452. The van der Waals surface area contributed by atoms with Crippen LogP contribution in [0.25, 0.3) is 0 Å². The van der Waals surface area contributed by atoms with Gasteiger partial charge in [-0.3, -0.25) is 14.5 Å². The predicted molar refractivity (Wildman–Crippen MR) is 89.1 cm³/mol. The molecule has 0 heterocycles. The zero-order valence-corrected chi connectivity index (χ0v) is 14.2. The molecular weight excluding hydrogens is 325 g/mol. The van der Waals surface area contributed by atoms with Crippen LogP contribution in [-0.2, 0) is 16.0 Å². The van der Waals surface area contributed by atoms with E-state index in [1.54, 1.807) is 11.0 Å². The average molecular weight is 346 g/mol. The van der Waals surface area contributed by atoms with Gasteiger partial charge in [-0.2, -0.15) is 0 Å². The zero-order chi connectivity index (χ0) is 16.7. The van der Waals surface area contributed by atoms with Gasteiger partial charge in [-0.25, -0.2) is 0 Å². The minimum Gasteiger partial charge on any atom is -0.369 e. The van der Waals surface area contributed by atoms with Crippen LogP contribution in [-0.4, -0.2) is 42.4 Å². The second-order valence-electron chi connectivity index (χ2n) is 5.28. The summed E-state index contributed by atoms with van der Waals surface area (Å²) in [7, 11) is 0. The van der Waals surface area contributed by atoms with Crippen LogP contribution >= 0.6 is 23.2 Å². The Balaban J connectivity index is 2.45. The van der Waals surface area contributed by atoms with Gasteiger partial charge in [-0.1, -0.05) is 35.3 Å².